The molecule has 31 heavy (non-hydrogen) atoms. The van der Waals surface area contributed by atoms with Gasteiger partial charge >= 0.3 is 5.97 Å². The van der Waals surface area contributed by atoms with Crippen LogP contribution < -0.4 is 4.90 Å². The van der Waals surface area contributed by atoms with Crippen molar-refractivity contribution < 1.29 is 9.53 Å². The van der Waals surface area contributed by atoms with E-state index in [9.17, 15) is 4.79 Å². The van der Waals surface area contributed by atoms with Crippen molar-refractivity contribution in [2.75, 3.05) is 37.6 Å². The summed E-state index contributed by atoms with van der Waals surface area (Å²) in [7, 11) is 0. The van der Waals surface area contributed by atoms with Crippen molar-refractivity contribution in [3.63, 3.8) is 0 Å². The molecule has 0 aromatic heterocycles. The number of hydrogen-bond donors (Lipinski definition) is 0. The molecule has 4 atom stereocenters. The topological polar surface area (TPSA) is 32.8 Å². The van der Waals surface area contributed by atoms with Crippen molar-refractivity contribution in [3.8, 4) is 0 Å². The molecule has 1 aromatic carbocycles. The fraction of sp³-hybridized carbons (Fsp3) is 0.667. The van der Waals surface area contributed by atoms with Crippen LogP contribution in [0.4, 0.5) is 5.69 Å². The Kier molecular flexibility index (Phi) is 5.40. The molecule has 2 aliphatic heterocycles. The number of ether oxygens (including phenoxy) is 1. The minimum absolute atomic E-state index is 0.0454. The van der Waals surface area contributed by atoms with Gasteiger partial charge in [-0.05, 0) is 75.5 Å². The second-order valence-corrected chi connectivity index (χ2v) is 10.8. The maximum atomic E-state index is 12.9. The summed E-state index contributed by atoms with van der Waals surface area (Å²) in [4.78, 5) is 17.9. The smallest absolute Gasteiger partial charge is 0.310 e. The maximum absolute atomic E-state index is 12.9. The zero-order valence-electron chi connectivity index (χ0n) is 19.7. The zero-order valence-corrected chi connectivity index (χ0v) is 19.7. The first kappa shape index (κ1) is 21.1. The van der Waals surface area contributed by atoms with Crippen molar-refractivity contribution >= 4 is 11.7 Å². The second-order valence-electron chi connectivity index (χ2n) is 10.8. The predicted molar refractivity (Wildman–Crippen MR) is 125 cm³/mol. The van der Waals surface area contributed by atoms with Crippen LogP contribution in [0.2, 0.25) is 0 Å². The van der Waals surface area contributed by atoms with Crippen molar-refractivity contribution in [3.05, 3.63) is 40.5 Å². The molecule has 0 bridgehead atoms. The van der Waals surface area contributed by atoms with Gasteiger partial charge in [-0.15, -0.1) is 0 Å². The number of esters is 1. The summed E-state index contributed by atoms with van der Waals surface area (Å²) in [5.41, 5.74) is 7.62. The molecule has 168 valence electrons. The monoisotopic (exact) mass is 422 g/mol. The van der Waals surface area contributed by atoms with E-state index < -0.39 is 0 Å². The summed E-state index contributed by atoms with van der Waals surface area (Å²) in [5.74, 6) is 0.483. The molecule has 2 heterocycles. The first-order valence-corrected chi connectivity index (χ1v) is 12.3. The number of fused-ring (bicyclic) bond motifs is 2. The molecule has 2 aliphatic carbocycles. The second kappa shape index (κ2) is 7.95. The molecule has 0 amide bonds. The SMILES string of the molecule is CC1=C2C[C@@H]3C(CN4CCN(c5cccc(C)c5C)CC4)C(=O)O[C@@H]3C[C@@]2(C)CCC1. The molecule has 1 saturated carbocycles. The summed E-state index contributed by atoms with van der Waals surface area (Å²) < 4.78 is 5.99. The van der Waals surface area contributed by atoms with Crippen LogP contribution in [0, 0.1) is 31.1 Å². The van der Waals surface area contributed by atoms with E-state index in [0.29, 0.717) is 5.92 Å². The number of rotatable bonds is 3. The first-order chi connectivity index (χ1) is 14.9. The molecule has 4 heteroatoms. The summed E-state index contributed by atoms with van der Waals surface area (Å²) in [6.07, 6.45) is 6.02. The molecule has 4 aliphatic rings. The normalized spacial score (nSPS) is 33.9. The van der Waals surface area contributed by atoms with Crippen LogP contribution >= 0.6 is 0 Å². The molecule has 0 radical (unpaired) electrons. The van der Waals surface area contributed by atoms with Gasteiger partial charge in [-0.2, -0.15) is 0 Å². The van der Waals surface area contributed by atoms with Crippen molar-refractivity contribution in [2.45, 2.75) is 65.9 Å². The van der Waals surface area contributed by atoms with Gasteiger partial charge < -0.3 is 9.64 Å². The van der Waals surface area contributed by atoms with Gasteiger partial charge in [0.2, 0.25) is 0 Å². The quantitative estimate of drug-likeness (QED) is 0.513. The largest absolute Gasteiger partial charge is 0.462 e. The third kappa shape index (κ3) is 3.71. The highest BCUT2D eigenvalue weighted by molar-refractivity contribution is 5.76. The van der Waals surface area contributed by atoms with Crippen LogP contribution in [-0.2, 0) is 9.53 Å². The predicted octanol–water partition coefficient (Wildman–Crippen LogP) is 4.88. The van der Waals surface area contributed by atoms with E-state index in [1.165, 1.54) is 36.1 Å². The molecule has 0 spiro atoms. The number of nitrogens with zero attached hydrogens (tertiary/aromatic N) is 2. The molecular formula is C27H38N2O2. The van der Waals surface area contributed by atoms with Gasteiger partial charge in [0.05, 0.1) is 5.92 Å². The van der Waals surface area contributed by atoms with E-state index in [-0.39, 0.29) is 23.4 Å². The summed E-state index contributed by atoms with van der Waals surface area (Å²) in [6, 6.07) is 6.60. The lowest BCUT2D eigenvalue weighted by Gasteiger charge is -2.46. The fourth-order valence-corrected chi connectivity index (χ4v) is 6.85. The number of anilines is 1. The van der Waals surface area contributed by atoms with Crippen LogP contribution in [-0.4, -0.2) is 49.7 Å². The van der Waals surface area contributed by atoms with Crippen molar-refractivity contribution in [1.82, 2.24) is 4.90 Å². The Balaban J connectivity index is 1.25. The van der Waals surface area contributed by atoms with Gasteiger partial charge in [-0.1, -0.05) is 30.2 Å². The van der Waals surface area contributed by atoms with Gasteiger partial charge in [0, 0.05) is 44.3 Å². The number of hydrogen-bond acceptors (Lipinski definition) is 4. The Morgan fingerprint density at radius 3 is 2.68 bits per heavy atom. The van der Waals surface area contributed by atoms with Gasteiger partial charge in [0.25, 0.3) is 0 Å². The minimum Gasteiger partial charge on any atom is -0.462 e. The van der Waals surface area contributed by atoms with Crippen LogP contribution in [0.1, 0.15) is 57.1 Å². The zero-order chi connectivity index (χ0) is 21.8. The van der Waals surface area contributed by atoms with Crippen LogP contribution in [0.3, 0.4) is 0 Å². The molecule has 3 fully saturated rings. The van der Waals surface area contributed by atoms with Gasteiger partial charge in [0.1, 0.15) is 6.10 Å². The third-order valence-corrected chi connectivity index (χ3v) is 8.92. The number of aryl methyl sites for hydroxylation is 1. The summed E-state index contributed by atoms with van der Waals surface area (Å²) in [6.45, 7) is 14.1. The highest BCUT2D eigenvalue weighted by atomic mass is 16.6. The van der Waals surface area contributed by atoms with Crippen molar-refractivity contribution in [1.29, 1.82) is 0 Å². The molecule has 0 N–H and O–H groups in total. The number of carbonyl (C=O) groups is 1. The maximum Gasteiger partial charge on any atom is 0.310 e. The lowest BCUT2D eigenvalue weighted by atomic mass is 9.59. The lowest BCUT2D eigenvalue weighted by molar-refractivity contribution is -0.145. The van der Waals surface area contributed by atoms with Crippen LogP contribution in [0.25, 0.3) is 0 Å². The Morgan fingerprint density at radius 1 is 1.13 bits per heavy atom. The Hall–Kier alpha value is -1.81. The number of benzene rings is 1. The average molecular weight is 423 g/mol. The lowest BCUT2D eigenvalue weighted by Crippen LogP contribution is -2.49. The minimum atomic E-state index is 0.0454. The van der Waals surface area contributed by atoms with E-state index in [0.717, 1.165) is 45.6 Å². The van der Waals surface area contributed by atoms with Crippen LogP contribution in [0.15, 0.2) is 29.3 Å². The highest BCUT2D eigenvalue weighted by Crippen LogP contribution is 2.55. The standard InChI is InChI=1S/C27H38N2O2/c1-18-7-5-9-24(20(18)3)29-13-11-28(12-14-29)17-22-21-15-23-19(2)8-6-10-27(23,4)16-25(21)31-26(22)30/h5,7,9,21-22,25H,6,8,10-17H2,1-4H3/t21-,22?,25-,27-/m1/s1. The molecule has 5 rings (SSSR count). The first-order valence-electron chi connectivity index (χ1n) is 12.3. The average Bonchev–Trinajstić information content (AvgIpc) is 3.03. The third-order valence-electron chi connectivity index (χ3n) is 8.92. The highest BCUT2D eigenvalue weighted by Gasteiger charge is 2.53. The summed E-state index contributed by atoms with van der Waals surface area (Å²) in [5, 5.41) is 0. The number of piperazine rings is 1. The van der Waals surface area contributed by atoms with E-state index >= 15 is 0 Å². The Morgan fingerprint density at radius 2 is 1.90 bits per heavy atom. The van der Waals surface area contributed by atoms with E-state index in [2.05, 4.69) is 55.7 Å². The van der Waals surface area contributed by atoms with E-state index in [1.807, 2.05) is 0 Å². The summed E-state index contributed by atoms with van der Waals surface area (Å²) >= 11 is 0. The number of allylic oxidation sites excluding steroid dienone is 2. The van der Waals surface area contributed by atoms with Gasteiger partial charge in [-0.25, -0.2) is 0 Å². The molecule has 4 nitrogen and oxygen atoms in total. The van der Waals surface area contributed by atoms with Crippen LogP contribution in [0.5, 0.6) is 0 Å². The van der Waals surface area contributed by atoms with Gasteiger partial charge in [-0.3, -0.25) is 9.69 Å². The van der Waals surface area contributed by atoms with E-state index in [1.54, 1.807) is 11.1 Å². The molecule has 1 aromatic rings. The molecular weight excluding hydrogens is 384 g/mol. The Labute approximate surface area is 187 Å². The van der Waals surface area contributed by atoms with Gasteiger partial charge in [0.15, 0.2) is 0 Å². The fourth-order valence-electron chi connectivity index (χ4n) is 6.85. The molecule has 1 unspecified atom stereocenters. The van der Waals surface area contributed by atoms with E-state index in [4.69, 9.17) is 4.74 Å². The van der Waals surface area contributed by atoms with Crippen molar-refractivity contribution in [2.24, 2.45) is 17.3 Å². The molecule has 2 saturated heterocycles. The number of carbonyl (C=O) groups excluding carboxylic acids is 1. The Bertz CT molecular complexity index is 898.